The number of hydrogen-bond donors (Lipinski definition) is 1. The van der Waals surface area contributed by atoms with Crippen LogP contribution in [0, 0.1) is 6.92 Å². The van der Waals surface area contributed by atoms with E-state index in [1.807, 2.05) is 19.1 Å². The number of hydrogen-bond acceptors (Lipinski definition) is 4. The molecule has 0 amide bonds. The Hall–Kier alpha value is -1.64. The molecule has 120 valence electrons. The molecule has 0 bridgehead atoms. The molecule has 2 aromatic heterocycles. The van der Waals surface area contributed by atoms with Gasteiger partial charge >= 0.3 is 0 Å². The van der Waals surface area contributed by atoms with Gasteiger partial charge in [0.05, 0.1) is 18.3 Å². The summed E-state index contributed by atoms with van der Waals surface area (Å²) in [7, 11) is -1.77. The molecule has 8 heteroatoms. The van der Waals surface area contributed by atoms with Crippen molar-refractivity contribution in [2.45, 2.75) is 32.4 Å². The Morgan fingerprint density at radius 2 is 2.23 bits per heavy atom. The standard InChI is InChI=1S/C14H20N4O3S/c1-11-5-6-14(21-11)13-4-3-9-18(13)22(19,20)16-10-12-7-8-15-17(12)2/h5-8,13,16H,3-4,9-10H2,1-2H3/t13-/m1/s1. The van der Waals surface area contributed by atoms with E-state index < -0.39 is 10.2 Å². The lowest BCUT2D eigenvalue weighted by molar-refractivity contribution is 0.330. The zero-order valence-electron chi connectivity index (χ0n) is 12.7. The van der Waals surface area contributed by atoms with Gasteiger partial charge in [-0.3, -0.25) is 4.68 Å². The molecular formula is C14H20N4O3S. The monoisotopic (exact) mass is 324 g/mol. The van der Waals surface area contributed by atoms with Crippen LogP contribution in [0.5, 0.6) is 0 Å². The van der Waals surface area contributed by atoms with E-state index >= 15 is 0 Å². The first-order valence-corrected chi connectivity index (χ1v) is 8.71. The quantitative estimate of drug-likeness (QED) is 0.903. The van der Waals surface area contributed by atoms with Gasteiger partial charge in [-0.05, 0) is 38.0 Å². The Morgan fingerprint density at radius 1 is 1.41 bits per heavy atom. The summed E-state index contributed by atoms with van der Waals surface area (Å²) in [6.45, 7) is 2.59. The van der Waals surface area contributed by atoms with E-state index in [1.54, 1.807) is 24.0 Å². The van der Waals surface area contributed by atoms with Crippen molar-refractivity contribution in [1.82, 2.24) is 18.8 Å². The van der Waals surface area contributed by atoms with Crippen LogP contribution in [0.1, 0.15) is 36.1 Å². The fraction of sp³-hybridized carbons (Fsp3) is 0.500. The molecule has 0 saturated carbocycles. The van der Waals surface area contributed by atoms with Crippen LogP contribution in [0.25, 0.3) is 0 Å². The summed E-state index contributed by atoms with van der Waals surface area (Å²) in [4.78, 5) is 0. The summed E-state index contributed by atoms with van der Waals surface area (Å²) in [5.74, 6) is 1.50. The maximum Gasteiger partial charge on any atom is 0.280 e. The van der Waals surface area contributed by atoms with Gasteiger partial charge in [-0.2, -0.15) is 22.5 Å². The molecule has 3 heterocycles. The molecule has 2 aromatic rings. The van der Waals surface area contributed by atoms with Crippen LogP contribution in [-0.4, -0.2) is 29.0 Å². The lowest BCUT2D eigenvalue weighted by atomic mass is 10.2. The number of aryl methyl sites for hydroxylation is 2. The van der Waals surface area contributed by atoms with E-state index in [9.17, 15) is 8.42 Å². The lowest BCUT2D eigenvalue weighted by Gasteiger charge is -2.22. The maximum atomic E-state index is 12.6. The van der Waals surface area contributed by atoms with Gasteiger partial charge in [-0.15, -0.1) is 0 Å². The van der Waals surface area contributed by atoms with Gasteiger partial charge in [0, 0.05) is 19.8 Å². The van der Waals surface area contributed by atoms with E-state index in [4.69, 9.17) is 4.42 Å². The Balaban J connectivity index is 1.74. The molecule has 3 rings (SSSR count). The van der Waals surface area contributed by atoms with Crippen LogP contribution in [0.2, 0.25) is 0 Å². The van der Waals surface area contributed by atoms with Crippen molar-refractivity contribution in [2.75, 3.05) is 6.54 Å². The molecule has 0 aromatic carbocycles. The summed E-state index contributed by atoms with van der Waals surface area (Å²) in [5, 5.41) is 4.03. The normalized spacial score (nSPS) is 19.8. The summed E-state index contributed by atoms with van der Waals surface area (Å²) in [5.41, 5.74) is 0.813. The molecule has 1 aliphatic rings. The van der Waals surface area contributed by atoms with Crippen molar-refractivity contribution >= 4 is 10.2 Å². The average molecular weight is 324 g/mol. The molecule has 0 radical (unpaired) electrons. The van der Waals surface area contributed by atoms with Gasteiger partial charge in [0.15, 0.2) is 0 Å². The van der Waals surface area contributed by atoms with Gasteiger partial charge in [-0.1, -0.05) is 0 Å². The molecule has 0 aliphatic carbocycles. The van der Waals surface area contributed by atoms with E-state index in [-0.39, 0.29) is 12.6 Å². The first-order valence-electron chi connectivity index (χ1n) is 7.27. The number of aromatic nitrogens is 2. The van der Waals surface area contributed by atoms with Gasteiger partial charge in [0.2, 0.25) is 0 Å². The minimum atomic E-state index is -3.56. The van der Waals surface area contributed by atoms with Gasteiger partial charge in [-0.25, -0.2) is 0 Å². The van der Waals surface area contributed by atoms with Crippen LogP contribution in [0.3, 0.4) is 0 Å². The zero-order chi connectivity index (χ0) is 15.7. The van der Waals surface area contributed by atoms with Crippen LogP contribution in [0.4, 0.5) is 0 Å². The van der Waals surface area contributed by atoms with Gasteiger partial charge < -0.3 is 4.42 Å². The van der Waals surface area contributed by atoms with Crippen molar-refractivity contribution in [3.63, 3.8) is 0 Å². The molecular weight excluding hydrogens is 304 g/mol. The number of furan rings is 1. The second-order valence-electron chi connectivity index (χ2n) is 5.49. The predicted octanol–water partition coefficient (Wildman–Crippen LogP) is 1.49. The largest absolute Gasteiger partial charge is 0.465 e. The molecule has 1 fully saturated rings. The van der Waals surface area contributed by atoms with E-state index in [2.05, 4.69) is 9.82 Å². The van der Waals surface area contributed by atoms with Gasteiger partial charge in [0.25, 0.3) is 10.2 Å². The highest BCUT2D eigenvalue weighted by molar-refractivity contribution is 7.87. The highest BCUT2D eigenvalue weighted by Crippen LogP contribution is 2.34. The second-order valence-corrected chi connectivity index (χ2v) is 7.20. The zero-order valence-corrected chi connectivity index (χ0v) is 13.5. The predicted molar refractivity (Wildman–Crippen MR) is 81.1 cm³/mol. The lowest BCUT2D eigenvalue weighted by Crippen LogP contribution is -2.40. The highest BCUT2D eigenvalue weighted by atomic mass is 32.2. The van der Waals surface area contributed by atoms with Gasteiger partial charge in [0.1, 0.15) is 11.5 Å². The van der Waals surface area contributed by atoms with Crippen LogP contribution >= 0.6 is 0 Å². The minimum absolute atomic E-state index is 0.221. The Morgan fingerprint density at radius 3 is 2.86 bits per heavy atom. The summed E-state index contributed by atoms with van der Waals surface area (Å²) >= 11 is 0. The number of nitrogens with one attached hydrogen (secondary N) is 1. The summed E-state index contributed by atoms with van der Waals surface area (Å²) in [6.07, 6.45) is 3.25. The molecule has 22 heavy (non-hydrogen) atoms. The molecule has 1 saturated heterocycles. The fourth-order valence-corrected chi connectivity index (χ4v) is 4.18. The smallest absolute Gasteiger partial charge is 0.280 e. The maximum absolute atomic E-state index is 12.6. The van der Waals surface area contributed by atoms with Crippen molar-refractivity contribution in [1.29, 1.82) is 0 Å². The molecule has 1 atom stereocenters. The SMILES string of the molecule is Cc1ccc([C@H]2CCCN2S(=O)(=O)NCc2ccnn2C)o1. The third-order valence-corrected chi connectivity index (χ3v) is 5.52. The Kier molecular flexibility index (Phi) is 4.07. The van der Waals surface area contributed by atoms with Crippen molar-refractivity contribution in [3.8, 4) is 0 Å². The van der Waals surface area contributed by atoms with Crippen molar-refractivity contribution < 1.29 is 12.8 Å². The minimum Gasteiger partial charge on any atom is -0.465 e. The second kappa shape index (κ2) is 5.86. The Bertz CT molecular complexity index is 750. The highest BCUT2D eigenvalue weighted by Gasteiger charge is 2.36. The topological polar surface area (TPSA) is 80.4 Å². The summed E-state index contributed by atoms with van der Waals surface area (Å²) < 4.78 is 36.5. The first kappa shape index (κ1) is 15.3. The van der Waals surface area contributed by atoms with Crippen molar-refractivity contribution in [2.24, 2.45) is 7.05 Å². The van der Waals surface area contributed by atoms with Crippen molar-refractivity contribution in [3.05, 3.63) is 41.6 Å². The molecule has 1 N–H and O–H groups in total. The van der Waals surface area contributed by atoms with E-state index in [0.29, 0.717) is 12.3 Å². The fourth-order valence-electron chi connectivity index (χ4n) is 2.77. The number of rotatable bonds is 5. The summed E-state index contributed by atoms with van der Waals surface area (Å²) in [6, 6.07) is 5.29. The van der Waals surface area contributed by atoms with E-state index in [0.717, 1.165) is 24.3 Å². The third kappa shape index (κ3) is 2.94. The van der Waals surface area contributed by atoms with Crippen LogP contribution in [0.15, 0.2) is 28.8 Å². The third-order valence-electron chi connectivity index (χ3n) is 3.96. The van der Waals surface area contributed by atoms with Crippen LogP contribution in [-0.2, 0) is 23.8 Å². The molecule has 0 spiro atoms. The first-order chi connectivity index (χ1) is 10.5. The molecule has 1 aliphatic heterocycles. The Labute approximate surface area is 130 Å². The molecule has 7 nitrogen and oxygen atoms in total. The molecule has 0 unspecified atom stereocenters. The number of nitrogens with zero attached hydrogens (tertiary/aromatic N) is 3. The van der Waals surface area contributed by atoms with Crippen LogP contribution < -0.4 is 4.72 Å². The average Bonchev–Trinajstić information content (AvgIpc) is 3.16. The van der Waals surface area contributed by atoms with E-state index in [1.165, 1.54) is 4.31 Å².